The molecule has 26 heavy (non-hydrogen) atoms. The Labute approximate surface area is 155 Å². The molecule has 3 fully saturated rings. The fourth-order valence-electron chi connectivity index (χ4n) is 4.78. The van der Waals surface area contributed by atoms with Gasteiger partial charge in [0.2, 0.25) is 0 Å². The van der Waals surface area contributed by atoms with Crippen molar-refractivity contribution in [1.82, 2.24) is 14.5 Å². The molecule has 2 heterocycles. The fourth-order valence-corrected chi connectivity index (χ4v) is 5.46. The maximum absolute atomic E-state index is 12.9. The van der Waals surface area contributed by atoms with Crippen LogP contribution in [0.1, 0.15) is 37.8 Å². The number of halogens is 3. The SMILES string of the molecule is Cc1nn2c(NC34CCCC(N(C)C)(C3)C4)cccc2c1SC(F)(F)F. The van der Waals surface area contributed by atoms with Crippen LogP contribution in [-0.2, 0) is 0 Å². The number of nitrogens with one attached hydrogen (secondary N) is 1. The highest BCUT2D eigenvalue weighted by atomic mass is 32.2. The number of anilines is 1. The molecule has 0 amide bonds. The zero-order valence-electron chi connectivity index (χ0n) is 15.2. The first kappa shape index (κ1) is 18.0. The van der Waals surface area contributed by atoms with Gasteiger partial charge in [-0.05, 0) is 77.0 Å². The van der Waals surface area contributed by atoms with Crippen molar-refractivity contribution < 1.29 is 13.2 Å². The Balaban J connectivity index is 1.65. The standard InChI is InChI=1S/C18H23F3N4S/c1-12-15(26-18(19,20)21)13-6-4-7-14(25(13)23-12)22-16-8-5-9-17(10-16,11-16)24(2)3/h4,6-7,22H,5,8-11H2,1-3H3. The van der Waals surface area contributed by atoms with E-state index in [1.807, 2.05) is 6.07 Å². The minimum Gasteiger partial charge on any atom is -0.364 e. The molecule has 3 aliphatic rings. The highest BCUT2D eigenvalue weighted by Gasteiger charge is 2.58. The van der Waals surface area contributed by atoms with Crippen LogP contribution in [0.15, 0.2) is 23.1 Å². The summed E-state index contributed by atoms with van der Waals surface area (Å²) in [5.41, 5.74) is -3.14. The predicted octanol–water partition coefficient (Wildman–Crippen LogP) is 4.68. The van der Waals surface area contributed by atoms with Gasteiger partial charge in [-0.1, -0.05) is 6.07 Å². The Morgan fingerprint density at radius 3 is 2.62 bits per heavy atom. The molecule has 4 nitrogen and oxygen atoms in total. The summed E-state index contributed by atoms with van der Waals surface area (Å²) in [7, 11) is 4.26. The molecule has 2 bridgehead atoms. The van der Waals surface area contributed by atoms with Crippen molar-refractivity contribution in [2.45, 2.75) is 60.5 Å². The number of aryl methyl sites for hydroxylation is 1. The van der Waals surface area contributed by atoms with Gasteiger partial charge in [0.15, 0.2) is 0 Å². The first-order valence-electron chi connectivity index (χ1n) is 8.83. The van der Waals surface area contributed by atoms with Crippen LogP contribution < -0.4 is 5.32 Å². The van der Waals surface area contributed by atoms with Crippen molar-refractivity contribution in [2.24, 2.45) is 0 Å². The van der Waals surface area contributed by atoms with E-state index in [4.69, 9.17) is 0 Å². The zero-order valence-corrected chi connectivity index (χ0v) is 16.0. The Kier molecular flexibility index (Phi) is 4.00. The van der Waals surface area contributed by atoms with Gasteiger partial charge in [-0.3, -0.25) is 0 Å². The molecule has 8 heteroatoms. The Hall–Kier alpha value is -1.41. The summed E-state index contributed by atoms with van der Waals surface area (Å²) in [6.45, 7) is 1.63. The molecule has 0 atom stereocenters. The number of thioether (sulfide) groups is 1. The normalized spacial score (nSPS) is 28.4. The molecular formula is C18H23F3N4S. The van der Waals surface area contributed by atoms with E-state index in [2.05, 4.69) is 29.4 Å². The molecule has 1 N–H and O–H groups in total. The molecule has 142 valence electrons. The number of rotatable bonds is 4. The van der Waals surface area contributed by atoms with Crippen LogP contribution in [0.4, 0.5) is 19.0 Å². The monoisotopic (exact) mass is 384 g/mol. The van der Waals surface area contributed by atoms with Crippen LogP contribution in [0.25, 0.3) is 5.52 Å². The van der Waals surface area contributed by atoms with Crippen molar-refractivity contribution in [3.05, 3.63) is 23.9 Å². The van der Waals surface area contributed by atoms with Gasteiger partial charge < -0.3 is 10.2 Å². The molecule has 0 unspecified atom stereocenters. The second-order valence-corrected chi connectivity index (χ2v) is 8.98. The second kappa shape index (κ2) is 5.79. The van der Waals surface area contributed by atoms with Crippen molar-refractivity contribution in [2.75, 3.05) is 19.4 Å². The van der Waals surface area contributed by atoms with E-state index in [9.17, 15) is 13.2 Å². The van der Waals surface area contributed by atoms with Gasteiger partial charge in [-0.2, -0.15) is 18.3 Å². The number of nitrogens with zero attached hydrogens (tertiary/aromatic N) is 3. The van der Waals surface area contributed by atoms with Gasteiger partial charge in [0.25, 0.3) is 0 Å². The predicted molar refractivity (Wildman–Crippen MR) is 97.7 cm³/mol. The number of aromatic nitrogens is 2. The lowest BCUT2D eigenvalue weighted by atomic mass is 9.54. The van der Waals surface area contributed by atoms with Gasteiger partial charge in [-0.25, -0.2) is 4.52 Å². The third-order valence-corrected chi connectivity index (χ3v) is 6.91. The molecule has 3 saturated carbocycles. The molecule has 0 saturated heterocycles. The Morgan fingerprint density at radius 2 is 1.96 bits per heavy atom. The minimum atomic E-state index is -4.32. The van der Waals surface area contributed by atoms with Crippen molar-refractivity contribution in [3.63, 3.8) is 0 Å². The minimum absolute atomic E-state index is 0.0218. The summed E-state index contributed by atoms with van der Waals surface area (Å²) < 4.78 is 40.3. The fraction of sp³-hybridized carbons (Fsp3) is 0.611. The summed E-state index contributed by atoms with van der Waals surface area (Å²) in [5, 5.41) is 8.02. The third kappa shape index (κ3) is 2.87. The first-order valence-corrected chi connectivity index (χ1v) is 9.65. The van der Waals surface area contributed by atoms with Gasteiger partial charge in [0.1, 0.15) is 5.82 Å². The smallest absolute Gasteiger partial charge is 0.364 e. The van der Waals surface area contributed by atoms with Crippen LogP contribution in [0.2, 0.25) is 0 Å². The molecule has 2 aromatic rings. The number of pyridine rings is 1. The maximum Gasteiger partial charge on any atom is 0.446 e. The largest absolute Gasteiger partial charge is 0.446 e. The van der Waals surface area contributed by atoms with E-state index in [0.717, 1.165) is 31.5 Å². The number of hydrogen-bond donors (Lipinski definition) is 1. The van der Waals surface area contributed by atoms with E-state index in [1.54, 1.807) is 23.6 Å². The van der Waals surface area contributed by atoms with Crippen molar-refractivity contribution >= 4 is 23.1 Å². The maximum atomic E-state index is 12.9. The summed E-state index contributed by atoms with van der Waals surface area (Å²) in [6, 6.07) is 5.40. The average molecular weight is 384 g/mol. The topological polar surface area (TPSA) is 32.6 Å². The van der Waals surface area contributed by atoms with Crippen LogP contribution in [0.3, 0.4) is 0 Å². The second-order valence-electron chi connectivity index (χ2n) is 7.90. The van der Waals surface area contributed by atoms with Crippen LogP contribution in [0.5, 0.6) is 0 Å². The van der Waals surface area contributed by atoms with E-state index in [1.165, 1.54) is 6.42 Å². The van der Waals surface area contributed by atoms with Gasteiger partial charge in [0.05, 0.1) is 16.1 Å². The molecule has 2 aromatic heterocycles. The molecule has 0 radical (unpaired) electrons. The van der Waals surface area contributed by atoms with Gasteiger partial charge in [-0.15, -0.1) is 0 Å². The van der Waals surface area contributed by atoms with E-state index < -0.39 is 5.51 Å². The summed E-state index contributed by atoms with van der Waals surface area (Å²) >= 11 is -0.0872. The highest BCUT2D eigenvalue weighted by Crippen LogP contribution is 2.55. The summed E-state index contributed by atoms with van der Waals surface area (Å²) in [4.78, 5) is 2.50. The number of alkyl halides is 3. The quantitative estimate of drug-likeness (QED) is 0.776. The van der Waals surface area contributed by atoms with Crippen LogP contribution >= 0.6 is 11.8 Å². The summed E-state index contributed by atoms with van der Waals surface area (Å²) in [6.07, 6.45) is 5.58. The first-order chi connectivity index (χ1) is 12.1. The molecule has 5 rings (SSSR count). The van der Waals surface area contributed by atoms with E-state index >= 15 is 0 Å². The van der Waals surface area contributed by atoms with Crippen molar-refractivity contribution in [1.29, 1.82) is 0 Å². The molecule has 0 aliphatic heterocycles. The number of hydrogen-bond acceptors (Lipinski definition) is 4. The highest BCUT2D eigenvalue weighted by molar-refractivity contribution is 8.00. The van der Waals surface area contributed by atoms with Crippen LogP contribution in [0, 0.1) is 6.92 Å². The summed E-state index contributed by atoms with van der Waals surface area (Å²) in [5.74, 6) is 0.772. The Morgan fingerprint density at radius 1 is 1.23 bits per heavy atom. The van der Waals surface area contributed by atoms with E-state index in [-0.39, 0.29) is 27.7 Å². The molecular weight excluding hydrogens is 361 g/mol. The van der Waals surface area contributed by atoms with Crippen LogP contribution in [-0.4, -0.2) is 45.2 Å². The van der Waals surface area contributed by atoms with Crippen molar-refractivity contribution in [3.8, 4) is 0 Å². The lowest BCUT2D eigenvalue weighted by Gasteiger charge is -2.63. The molecule has 0 aromatic carbocycles. The third-order valence-electron chi connectivity index (χ3n) is 5.97. The lowest BCUT2D eigenvalue weighted by Crippen LogP contribution is -2.69. The van der Waals surface area contributed by atoms with Gasteiger partial charge >= 0.3 is 5.51 Å². The molecule has 3 aliphatic carbocycles. The average Bonchev–Trinajstić information content (AvgIpc) is 2.82. The lowest BCUT2D eigenvalue weighted by molar-refractivity contribution is -0.0448. The molecule has 0 spiro atoms. The zero-order chi connectivity index (χ0) is 18.7. The van der Waals surface area contributed by atoms with Gasteiger partial charge in [0, 0.05) is 11.1 Å². The number of fused-ring (bicyclic) bond motifs is 3. The Bertz CT molecular complexity index is 837. The van der Waals surface area contributed by atoms with E-state index in [0.29, 0.717) is 11.2 Å².